The Labute approximate surface area is 65.2 Å². The first kappa shape index (κ1) is 10.8. The molecule has 0 saturated heterocycles. The van der Waals surface area contributed by atoms with Crippen molar-refractivity contribution in [3.8, 4) is 0 Å². The molecule has 0 aliphatic heterocycles. The molecular weight excluding hydrogens is 152 g/mol. The summed E-state index contributed by atoms with van der Waals surface area (Å²) in [6, 6.07) is 0. The summed E-state index contributed by atoms with van der Waals surface area (Å²) in [7, 11) is 0. The molecule has 0 spiro atoms. The van der Waals surface area contributed by atoms with Gasteiger partial charge in [-0.3, -0.25) is 0 Å². The molecule has 0 aromatic rings. The molecule has 67 valence electrons. The third-order valence-electron chi connectivity index (χ3n) is 0.915. The van der Waals surface area contributed by atoms with Gasteiger partial charge in [-0.05, 0) is 0 Å². The Kier molecular flexibility index (Phi) is 7.76. The van der Waals surface area contributed by atoms with Gasteiger partial charge in [0.2, 0.25) is 0 Å². The van der Waals surface area contributed by atoms with E-state index in [0.717, 1.165) is 0 Å². The lowest BCUT2D eigenvalue weighted by Gasteiger charge is -2.07. The Hall–Kier alpha value is -0.200. The van der Waals surface area contributed by atoms with E-state index in [1.54, 1.807) is 0 Å². The fraction of sp³-hybridized carbons (Fsp3) is 1.00. The van der Waals surface area contributed by atoms with Crippen LogP contribution in [0.15, 0.2) is 0 Å². The van der Waals surface area contributed by atoms with E-state index < -0.39 is 6.10 Å². The lowest BCUT2D eigenvalue weighted by atomic mass is 10.4. The van der Waals surface area contributed by atoms with Gasteiger partial charge in [0.25, 0.3) is 0 Å². The SMILES string of the molecule is [O]CCOCOCC(O)CO. The van der Waals surface area contributed by atoms with Crippen molar-refractivity contribution < 1.29 is 24.8 Å². The molecule has 0 aromatic heterocycles. The highest BCUT2D eigenvalue weighted by atomic mass is 16.7. The minimum absolute atomic E-state index is 0.0146. The van der Waals surface area contributed by atoms with Gasteiger partial charge in [-0.25, -0.2) is 5.11 Å². The number of aliphatic hydroxyl groups is 2. The second kappa shape index (κ2) is 7.90. The molecule has 5 heteroatoms. The topological polar surface area (TPSA) is 78.8 Å². The summed E-state index contributed by atoms with van der Waals surface area (Å²) >= 11 is 0. The second-order valence-corrected chi connectivity index (χ2v) is 1.94. The molecule has 1 unspecified atom stereocenters. The highest BCUT2D eigenvalue weighted by Crippen LogP contribution is 1.84. The van der Waals surface area contributed by atoms with Gasteiger partial charge in [-0.15, -0.1) is 0 Å². The van der Waals surface area contributed by atoms with Crippen molar-refractivity contribution in [1.82, 2.24) is 0 Å². The largest absolute Gasteiger partial charge is 0.394 e. The fourth-order valence-electron chi connectivity index (χ4n) is 0.414. The molecule has 0 aromatic carbocycles. The molecule has 0 aliphatic rings. The summed E-state index contributed by atoms with van der Waals surface area (Å²) in [5, 5.41) is 26.9. The summed E-state index contributed by atoms with van der Waals surface area (Å²) in [5.41, 5.74) is 0. The van der Waals surface area contributed by atoms with Crippen LogP contribution in [-0.4, -0.2) is 49.5 Å². The number of aliphatic hydroxyl groups excluding tert-OH is 2. The van der Waals surface area contributed by atoms with Crippen LogP contribution in [0.25, 0.3) is 0 Å². The normalized spacial score (nSPS) is 13.4. The quantitative estimate of drug-likeness (QED) is 0.365. The van der Waals surface area contributed by atoms with E-state index in [9.17, 15) is 5.11 Å². The third-order valence-corrected chi connectivity index (χ3v) is 0.915. The van der Waals surface area contributed by atoms with Crippen LogP contribution in [0.5, 0.6) is 0 Å². The minimum atomic E-state index is -0.870. The lowest BCUT2D eigenvalue weighted by Crippen LogP contribution is -2.20. The van der Waals surface area contributed by atoms with Gasteiger partial charge in [-0.1, -0.05) is 0 Å². The Balaban J connectivity index is 2.89. The summed E-state index contributed by atoms with van der Waals surface area (Å²) in [6.07, 6.45) is -0.870. The molecule has 5 nitrogen and oxygen atoms in total. The minimum Gasteiger partial charge on any atom is -0.394 e. The predicted octanol–water partition coefficient (Wildman–Crippen LogP) is -1.24. The van der Waals surface area contributed by atoms with Gasteiger partial charge in [0.05, 0.1) is 19.8 Å². The van der Waals surface area contributed by atoms with E-state index in [1.165, 1.54) is 0 Å². The molecule has 0 saturated carbocycles. The van der Waals surface area contributed by atoms with Crippen molar-refractivity contribution in [1.29, 1.82) is 0 Å². The fourth-order valence-corrected chi connectivity index (χ4v) is 0.414. The Bertz CT molecular complexity index is 77.4. The van der Waals surface area contributed by atoms with Crippen LogP contribution in [0.4, 0.5) is 0 Å². The molecule has 0 fully saturated rings. The van der Waals surface area contributed by atoms with Crippen LogP contribution in [0, 0.1) is 0 Å². The van der Waals surface area contributed by atoms with E-state index in [1.807, 2.05) is 0 Å². The first-order valence-corrected chi connectivity index (χ1v) is 3.33. The molecular formula is C6H13O5. The number of hydrogen-bond donors (Lipinski definition) is 2. The van der Waals surface area contributed by atoms with Crippen molar-refractivity contribution in [3.05, 3.63) is 0 Å². The van der Waals surface area contributed by atoms with Crippen LogP contribution >= 0.6 is 0 Å². The highest BCUT2D eigenvalue weighted by Gasteiger charge is 2.00. The first-order valence-electron chi connectivity index (χ1n) is 3.33. The Morgan fingerprint density at radius 1 is 1.36 bits per heavy atom. The van der Waals surface area contributed by atoms with Crippen LogP contribution in [0.3, 0.4) is 0 Å². The smallest absolute Gasteiger partial charge is 0.146 e. The average molecular weight is 165 g/mol. The van der Waals surface area contributed by atoms with Gasteiger partial charge in [0.1, 0.15) is 19.5 Å². The summed E-state index contributed by atoms with van der Waals surface area (Å²) in [4.78, 5) is 0. The maximum atomic E-state index is 9.81. The molecule has 1 radical (unpaired) electrons. The van der Waals surface area contributed by atoms with E-state index in [0.29, 0.717) is 0 Å². The molecule has 0 amide bonds. The van der Waals surface area contributed by atoms with Crippen molar-refractivity contribution >= 4 is 0 Å². The van der Waals surface area contributed by atoms with Crippen molar-refractivity contribution in [2.24, 2.45) is 0 Å². The van der Waals surface area contributed by atoms with Crippen LogP contribution in [-0.2, 0) is 14.6 Å². The number of rotatable bonds is 7. The standard InChI is InChI=1S/C6H13O5/c7-1-2-10-5-11-4-6(9)3-8/h6,8-9H,1-5H2. The first-order chi connectivity index (χ1) is 5.31. The molecule has 0 aliphatic carbocycles. The predicted molar refractivity (Wildman–Crippen MR) is 35.4 cm³/mol. The van der Waals surface area contributed by atoms with Gasteiger partial charge in [0.15, 0.2) is 0 Å². The summed E-state index contributed by atoms with van der Waals surface area (Å²) < 4.78 is 9.37. The van der Waals surface area contributed by atoms with E-state index in [-0.39, 0.29) is 33.2 Å². The zero-order chi connectivity index (χ0) is 8.53. The van der Waals surface area contributed by atoms with Crippen molar-refractivity contribution in [2.45, 2.75) is 6.10 Å². The van der Waals surface area contributed by atoms with Gasteiger partial charge < -0.3 is 19.7 Å². The molecule has 0 bridgehead atoms. The number of hydrogen-bond acceptors (Lipinski definition) is 4. The van der Waals surface area contributed by atoms with Gasteiger partial charge in [0, 0.05) is 0 Å². The van der Waals surface area contributed by atoms with E-state index in [4.69, 9.17) is 14.9 Å². The van der Waals surface area contributed by atoms with Crippen LogP contribution in [0.1, 0.15) is 0 Å². The zero-order valence-corrected chi connectivity index (χ0v) is 6.23. The Morgan fingerprint density at radius 2 is 2.09 bits per heavy atom. The summed E-state index contributed by atoms with van der Waals surface area (Å²) in [6.45, 7) is -0.517. The monoisotopic (exact) mass is 165 g/mol. The van der Waals surface area contributed by atoms with E-state index in [2.05, 4.69) is 4.74 Å². The summed E-state index contributed by atoms with van der Waals surface area (Å²) in [5.74, 6) is 0. The molecule has 1 atom stereocenters. The molecule has 2 N–H and O–H groups in total. The Morgan fingerprint density at radius 3 is 2.64 bits per heavy atom. The maximum absolute atomic E-state index is 9.81. The van der Waals surface area contributed by atoms with Crippen LogP contribution in [0.2, 0.25) is 0 Å². The number of ether oxygens (including phenoxy) is 2. The highest BCUT2D eigenvalue weighted by molar-refractivity contribution is 4.46. The van der Waals surface area contributed by atoms with Crippen molar-refractivity contribution in [2.75, 3.05) is 33.2 Å². The third kappa shape index (κ3) is 7.70. The average Bonchev–Trinajstić information content (AvgIpc) is 2.04. The van der Waals surface area contributed by atoms with E-state index >= 15 is 0 Å². The second-order valence-electron chi connectivity index (χ2n) is 1.94. The maximum Gasteiger partial charge on any atom is 0.146 e. The molecule has 11 heavy (non-hydrogen) atoms. The molecule has 0 heterocycles. The van der Waals surface area contributed by atoms with Gasteiger partial charge >= 0.3 is 0 Å². The zero-order valence-electron chi connectivity index (χ0n) is 6.23. The lowest BCUT2D eigenvalue weighted by molar-refractivity contribution is -0.0944. The molecule has 0 rings (SSSR count). The van der Waals surface area contributed by atoms with Crippen molar-refractivity contribution in [3.63, 3.8) is 0 Å². The van der Waals surface area contributed by atoms with Gasteiger partial charge in [-0.2, -0.15) is 0 Å². The van der Waals surface area contributed by atoms with Crippen LogP contribution < -0.4 is 0 Å².